The van der Waals surface area contributed by atoms with E-state index in [9.17, 15) is 0 Å². The highest BCUT2D eigenvalue weighted by Crippen LogP contribution is 2.31. The van der Waals surface area contributed by atoms with Gasteiger partial charge in [-0.3, -0.25) is 0 Å². The summed E-state index contributed by atoms with van der Waals surface area (Å²) >= 11 is 4.78. The van der Waals surface area contributed by atoms with Gasteiger partial charge in [0.2, 0.25) is 0 Å². The van der Waals surface area contributed by atoms with Crippen LogP contribution in [0.5, 0.6) is 0 Å². The second-order valence-electron chi connectivity index (χ2n) is 4.67. The molecule has 4 nitrogen and oxygen atoms in total. The average Bonchev–Trinajstić information content (AvgIpc) is 2.88. The standard InChI is InChI=1S/C13H18N4S3/c1-9(2)6-14-7-10-4-5-11(15-8-10)19-13-17-16-12(18-3)20-13/h4-5,8-9,14H,6-7H2,1-3H3. The molecule has 108 valence electrons. The number of hydrogen-bond donors (Lipinski definition) is 1. The monoisotopic (exact) mass is 326 g/mol. The fourth-order valence-corrected chi connectivity index (χ4v) is 3.82. The highest BCUT2D eigenvalue weighted by Gasteiger charge is 2.06. The third-order valence-corrected chi connectivity index (χ3v) is 5.33. The molecule has 0 aromatic carbocycles. The molecular formula is C13H18N4S3. The lowest BCUT2D eigenvalue weighted by Crippen LogP contribution is -2.18. The molecular weight excluding hydrogens is 308 g/mol. The van der Waals surface area contributed by atoms with E-state index in [1.54, 1.807) is 34.9 Å². The maximum absolute atomic E-state index is 4.46. The van der Waals surface area contributed by atoms with Gasteiger partial charge in [-0.1, -0.05) is 43.0 Å². The summed E-state index contributed by atoms with van der Waals surface area (Å²) < 4.78 is 1.93. The Morgan fingerprint density at radius 1 is 1.25 bits per heavy atom. The molecule has 2 aromatic heterocycles. The van der Waals surface area contributed by atoms with Gasteiger partial charge in [0.15, 0.2) is 8.68 Å². The van der Waals surface area contributed by atoms with E-state index in [0.717, 1.165) is 26.8 Å². The van der Waals surface area contributed by atoms with Crippen molar-refractivity contribution in [1.29, 1.82) is 0 Å². The Balaban J connectivity index is 1.87. The second-order valence-corrected chi connectivity index (χ2v) is 7.97. The zero-order valence-electron chi connectivity index (χ0n) is 11.8. The van der Waals surface area contributed by atoms with Crippen LogP contribution in [0.3, 0.4) is 0 Å². The second kappa shape index (κ2) is 7.97. The molecule has 2 heterocycles. The molecule has 0 atom stereocenters. The van der Waals surface area contributed by atoms with Gasteiger partial charge in [0.05, 0.1) is 0 Å². The van der Waals surface area contributed by atoms with Crippen LogP contribution in [-0.4, -0.2) is 28.0 Å². The Morgan fingerprint density at radius 2 is 2.05 bits per heavy atom. The maximum atomic E-state index is 4.46. The molecule has 7 heteroatoms. The van der Waals surface area contributed by atoms with Crippen LogP contribution in [-0.2, 0) is 6.54 Å². The first-order chi connectivity index (χ1) is 9.67. The number of nitrogens with zero attached hydrogens (tertiary/aromatic N) is 3. The first kappa shape index (κ1) is 15.8. The van der Waals surface area contributed by atoms with Crippen molar-refractivity contribution in [3.63, 3.8) is 0 Å². The molecule has 1 N–H and O–H groups in total. The van der Waals surface area contributed by atoms with Gasteiger partial charge in [0.1, 0.15) is 5.03 Å². The Kier molecular flexibility index (Phi) is 6.28. The molecule has 0 bridgehead atoms. The molecule has 0 aliphatic rings. The van der Waals surface area contributed by atoms with Crippen molar-refractivity contribution in [3.05, 3.63) is 23.9 Å². The predicted molar refractivity (Wildman–Crippen MR) is 86.6 cm³/mol. The fourth-order valence-electron chi connectivity index (χ4n) is 1.49. The lowest BCUT2D eigenvalue weighted by Gasteiger charge is -2.07. The van der Waals surface area contributed by atoms with E-state index < -0.39 is 0 Å². The van der Waals surface area contributed by atoms with Crippen LogP contribution in [0.4, 0.5) is 0 Å². The fraction of sp³-hybridized carbons (Fsp3) is 0.462. The lowest BCUT2D eigenvalue weighted by molar-refractivity contribution is 0.551. The molecule has 0 spiro atoms. The van der Waals surface area contributed by atoms with E-state index >= 15 is 0 Å². The summed E-state index contributed by atoms with van der Waals surface area (Å²) in [4.78, 5) is 4.46. The zero-order chi connectivity index (χ0) is 14.4. The van der Waals surface area contributed by atoms with Crippen molar-refractivity contribution in [2.24, 2.45) is 5.92 Å². The van der Waals surface area contributed by atoms with Crippen molar-refractivity contribution in [2.45, 2.75) is 34.1 Å². The van der Waals surface area contributed by atoms with Gasteiger partial charge in [0.25, 0.3) is 0 Å². The number of thioether (sulfide) groups is 1. The van der Waals surface area contributed by atoms with Crippen molar-refractivity contribution in [1.82, 2.24) is 20.5 Å². The molecule has 2 rings (SSSR count). The van der Waals surface area contributed by atoms with Crippen LogP contribution in [0.2, 0.25) is 0 Å². The summed E-state index contributed by atoms with van der Waals surface area (Å²) in [5.41, 5.74) is 1.21. The summed E-state index contributed by atoms with van der Waals surface area (Å²) in [6.45, 7) is 6.30. The number of hydrogen-bond acceptors (Lipinski definition) is 7. The van der Waals surface area contributed by atoms with E-state index in [4.69, 9.17) is 0 Å². The van der Waals surface area contributed by atoms with Gasteiger partial charge in [-0.05, 0) is 42.1 Å². The van der Waals surface area contributed by atoms with Crippen molar-refractivity contribution in [3.8, 4) is 0 Å². The van der Waals surface area contributed by atoms with E-state index in [2.05, 4.69) is 40.4 Å². The lowest BCUT2D eigenvalue weighted by atomic mass is 10.2. The van der Waals surface area contributed by atoms with Gasteiger partial charge in [-0.15, -0.1) is 10.2 Å². The molecule has 0 fully saturated rings. The number of pyridine rings is 1. The SMILES string of the molecule is CSc1nnc(Sc2ccc(CNCC(C)C)cn2)s1. The molecule has 0 radical (unpaired) electrons. The molecule has 2 aromatic rings. The van der Waals surface area contributed by atoms with Crippen LogP contribution in [0, 0.1) is 5.92 Å². The summed E-state index contributed by atoms with van der Waals surface area (Å²) in [6, 6.07) is 4.15. The first-order valence-electron chi connectivity index (χ1n) is 6.38. The first-order valence-corrected chi connectivity index (χ1v) is 9.24. The van der Waals surface area contributed by atoms with Crippen LogP contribution >= 0.6 is 34.9 Å². The van der Waals surface area contributed by atoms with Gasteiger partial charge in [0, 0.05) is 12.7 Å². The van der Waals surface area contributed by atoms with E-state index in [-0.39, 0.29) is 0 Å². The molecule has 0 aliphatic heterocycles. The number of rotatable bonds is 7. The van der Waals surface area contributed by atoms with Gasteiger partial charge in [-0.2, -0.15) is 0 Å². The average molecular weight is 327 g/mol. The Morgan fingerprint density at radius 3 is 2.65 bits per heavy atom. The Bertz CT molecular complexity index is 525. The van der Waals surface area contributed by atoms with Crippen molar-refractivity contribution < 1.29 is 0 Å². The molecule has 0 unspecified atom stereocenters. The van der Waals surface area contributed by atoms with Crippen molar-refractivity contribution in [2.75, 3.05) is 12.8 Å². The summed E-state index contributed by atoms with van der Waals surface area (Å²) in [5.74, 6) is 0.667. The van der Waals surface area contributed by atoms with Gasteiger partial charge >= 0.3 is 0 Å². The minimum Gasteiger partial charge on any atom is -0.312 e. The van der Waals surface area contributed by atoms with Gasteiger partial charge in [-0.25, -0.2) is 4.98 Å². The topological polar surface area (TPSA) is 50.7 Å². The summed E-state index contributed by atoms with van der Waals surface area (Å²) in [7, 11) is 0. The van der Waals surface area contributed by atoms with Crippen LogP contribution in [0.25, 0.3) is 0 Å². The molecule has 20 heavy (non-hydrogen) atoms. The molecule has 0 amide bonds. The minimum atomic E-state index is 0.667. The molecule has 0 aliphatic carbocycles. The normalized spacial score (nSPS) is 11.2. The highest BCUT2D eigenvalue weighted by molar-refractivity contribution is 8.02. The third kappa shape index (κ3) is 5.05. The maximum Gasteiger partial charge on any atom is 0.181 e. The van der Waals surface area contributed by atoms with E-state index in [0.29, 0.717) is 5.92 Å². The number of aromatic nitrogens is 3. The zero-order valence-corrected chi connectivity index (χ0v) is 14.2. The molecule has 0 saturated heterocycles. The largest absolute Gasteiger partial charge is 0.312 e. The Labute approximate surface area is 132 Å². The van der Waals surface area contributed by atoms with E-state index in [1.165, 1.54) is 5.56 Å². The minimum absolute atomic E-state index is 0.667. The Hall–Kier alpha value is -0.630. The third-order valence-electron chi connectivity index (χ3n) is 2.43. The predicted octanol–water partition coefficient (Wildman–Crippen LogP) is 3.55. The van der Waals surface area contributed by atoms with Gasteiger partial charge < -0.3 is 5.32 Å². The number of nitrogens with one attached hydrogen (secondary N) is 1. The summed E-state index contributed by atoms with van der Waals surface area (Å²) in [5, 5.41) is 12.6. The summed E-state index contributed by atoms with van der Waals surface area (Å²) in [6.07, 6.45) is 3.93. The highest BCUT2D eigenvalue weighted by atomic mass is 32.2. The molecule has 0 saturated carbocycles. The smallest absolute Gasteiger partial charge is 0.181 e. The van der Waals surface area contributed by atoms with Crippen molar-refractivity contribution >= 4 is 34.9 Å². The van der Waals surface area contributed by atoms with E-state index in [1.807, 2.05) is 18.5 Å². The van der Waals surface area contributed by atoms with Crippen LogP contribution in [0.1, 0.15) is 19.4 Å². The van der Waals surface area contributed by atoms with Crippen LogP contribution < -0.4 is 5.32 Å². The quantitative estimate of drug-likeness (QED) is 0.785. The van der Waals surface area contributed by atoms with Crippen LogP contribution in [0.15, 0.2) is 32.0 Å².